The highest BCUT2D eigenvalue weighted by Crippen LogP contribution is 2.02. The molecule has 6 nitrogen and oxygen atoms in total. The number of nitrogens with zero attached hydrogens (tertiary/aromatic N) is 3. The summed E-state index contributed by atoms with van der Waals surface area (Å²) in [5.41, 5.74) is 0.626. The van der Waals surface area contributed by atoms with Gasteiger partial charge in [0, 0.05) is 31.3 Å². The van der Waals surface area contributed by atoms with Crippen molar-refractivity contribution in [3.8, 4) is 0 Å². The lowest BCUT2D eigenvalue weighted by molar-refractivity contribution is -0.131. The number of rotatable bonds is 11. The minimum Gasteiger partial charge on any atom is -0.478 e. The number of carbonyl (C=O) groups excluding carboxylic acids is 1. The van der Waals surface area contributed by atoms with Gasteiger partial charge in [0.05, 0.1) is 0 Å². The first-order valence-corrected chi connectivity index (χ1v) is 8.36. The van der Waals surface area contributed by atoms with E-state index in [1.165, 1.54) is 0 Å². The van der Waals surface area contributed by atoms with Crippen LogP contribution in [-0.2, 0) is 9.59 Å². The van der Waals surface area contributed by atoms with Gasteiger partial charge in [0.1, 0.15) is 0 Å². The summed E-state index contributed by atoms with van der Waals surface area (Å²) in [6.07, 6.45) is 1.86. The summed E-state index contributed by atoms with van der Waals surface area (Å²) < 4.78 is 0. The van der Waals surface area contributed by atoms with Crippen molar-refractivity contribution in [2.45, 2.75) is 27.2 Å². The van der Waals surface area contributed by atoms with E-state index >= 15 is 0 Å². The molecule has 0 spiro atoms. The number of hydrogen-bond acceptors (Lipinski definition) is 4. The molecule has 0 unspecified atom stereocenters. The first-order valence-electron chi connectivity index (χ1n) is 8.36. The SMILES string of the molecule is C=C(C)C(=O)N(CCCN(CC)CC)CCN(C)C.C=CC(=O)O. The third kappa shape index (κ3) is 14.0. The van der Waals surface area contributed by atoms with E-state index in [1.807, 2.05) is 19.0 Å². The Kier molecular flexibility index (Phi) is 15.3. The van der Waals surface area contributed by atoms with Crippen molar-refractivity contribution >= 4 is 11.9 Å². The van der Waals surface area contributed by atoms with Crippen LogP contribution < -0.4 is 0 Å². The minimum absolute atomic E-state index is 0.0846. The summed E-state index contributed by atoms with van der Waals surface area (Å²) in [6, 6.07) is 0. The number of carboxylic acids is 1. The Morgan fingerprint density at radius 2 is 1.54 bits per heavy atom. The second-order valence-corrected chi connectivity index (χ2v) is 5.80. The molecule has 0 saturated heterocycles. The quantitative estimate of drug-likeness (QED) is 0.582. The molecule has 0 aliphatic rings. The normalized spacial score (nSPS) is 10.1. The van der Waals surface area contributed by atoms with Crippen LogP contribution in [0.3, 0.4) is 0 Å². The Labute approximate surface area is 147 Å². The van der Waals surface area contributed by atoms with Gasteiger partial charge in [-0.15, -0.1) is 0 Å². The number of hydrogen-bond donors (Lipinski definition) is 1. The van der Waals surface area contributed by atoms with Crippen LogP contribution in [-0.4, -0.2) is 85.0 Å². The molecule has 0 heterocycles. The molecule has 1 amide bonds. The molecule has 0 bridgehead atoms. The van der Waals surface area contributed by atoms with Gasteiger partial charge in [-0.3, -0.25) is 4.79 Å². The van der Waals surface area contributed by atoms with E-state index in [0.717, 1.165) is 51.8 Å². The maximum Gasteiger partial charge on any atom is 0.327 e. The van der Waals surface area contributed by atoms with Crippen molar-refractivity contribution in [3.05, 3.63) is 24.8 Å². The van der Waals surface area contributed by atoms with Gasteiger partial charge in [-0.1, -0.05) is 27.0 Å². The Morgan fingerprint density at radius 1 is 1.04 bits per heavy atom. The second-order valence-electron chi connectivity index (χ2n) is 5.80. The molecule has 0 saturated carbocycles. The van der Waals surface area contributed by atoms with Crippen LogP contribution in [0.1, 0.15) is 27.2 Å². The van der Waals surface area contributed by atoms with Gasteiger partial charge in [-0.2, -0.15) is 0 Å². The fraction of sp³-hybridized carbons (Fsp3) is 0.667. The molecule has 0 aromatic heterocycles. The molecule has 0 rings (SSSR count). The van der Waals surface area contributed by atoms with Crippen molar-refractivity contribution in [2.75, 3.05) is 53.4 Å². The molecule has 0 atom stereocenters. The van der Waals surface area contributed by atoms with Gasteiger partial charge >= 0.3 is 5.97 Å². The lowest BCUT2D eigenvalue weighted by Gasteiger charge is -2.26. The van der Waals surface area contributed by atoms with E-state index in [9.17, 15) is 9.59 Å². The first-order chi connectivity index (χ1) is 11.2. The first kappa shape index (κ1) is 24.6. The third-order valence-electron chi connectivity index (χ3n) is 3.44. The Hall–Kier alpha value is -1.66. The molecular formula is C18H35N3O3. The van der Waals surface area contributed by atoms with E-state index in [-0.39, 0.29) is 5.91 Å². The van der Waals surface area contributed by atoms with Gasteiger partial charge in [0.2, 0.25) is 5.91 Å². The second kappa shape index (κ2) is 14.9. The van der Waals surface area contributed by atoms with Crippen LogP contribution in [0.15, 0.2) is 24.8 Å². The zero-order valence-electron chi connectivity index (χ0n) is 16.0. The average molecular weight is 341 g/mol. The summed E-state index contributed by atoms with van der Waals surface area (Å²) in [6.45, 7) is 18.5. The van der Waals surface area contributed by atoms with Crippen LogP contribution in [0, 0.1) is 0 Å². The molecule has 140 valence electrons. The van der Waals surface area contributed by atoms with Crippen molar-refractivity contribution in [1.29, 1.82) is 0 Å². The fourth-order valence-electron chi connectivity index (χ4n) is 1.93. The van der Waals surface area contributed by atoms with Gasteiger partial charge in [-0.05, 0) is 47.1 Å². The average Bonchev–Trinajstić information content (AvgIpc) is 2.53. The highest BCUT2D eigenvalue weighted by molar-refractivity contribution is 5.92. The molecule has 0 aromatic carbocycles. The van der Waals surface area contributed by atoms with Gasteiger partial charge in [0.15, 0.2) is 0 Å². The van der Waals surface area contributed by atoms with E-state index in [0.29, 0.717) is 5.57 Å². The predicted molar refractivity (Wildman–Crippen MR) is 100 cm³/mol. The maximum atomic E-state index is 12.1. The standard InChI is InChI=1S/C15H31N3O.C3H4O2/c1-7-17(8-2)10-9-11-18(13-12-16(5)6)15(19)14(3)4;1-2-3(4)5/h3,7-13H2,1-2,4-6H3;2H,1H2,(H,4,5). The Bertz CT molecular complexity index is 391. The molecule has 0 aromatic rings. The van der Waals surface area contributed by atoms with Crippen LogP contribution in [0.5, 0.6) is 0 Å². The molecule has 24 heavy (non-hydrogen) atoms. The monoisotopic (exact) mass is 341 g/mol. The van der Waals surface area contributed by atoms with Gasteiger partial charge in [0.25, 0.3) is 0 Å². The van der Waals surface area contributed by atoms with E-state index in [2.05, 4.69) is 36.8 Å². The Balaban J connectivity index is 0. The van der Waals surface area contributed by atoms with Crippen LogP contribution in [0.25, 0.3) is 0 Å². The number of carbonyl (C=O) groups is 2. The molecular weight excluding hydrogens is 306 g/mol. The number of amides is 1. The summed E-state index contributed by atoms with van der Waals surface area (Å²) in [7, 11) is 4.05. The van der Waals surface area contributed by atoms with Gasteiger partial charge in [-0.25, -0.2) is 4.79 Å². The van der Waals surface area contributed by atoms with E-state index < -0.39 is 5.97 Å². The van der Waals surface area contributed by atoms with Crippen molar-refractivity contribution in [1.82, 2.24) is 14.7 Å². The summed E-state index contributed by atoms with van der Waals surface area (Å²) in [5, 5.41) is 7.60. The summed E-state index contributed by atoms with van der Waals surface area (Å²) in [4.78, 5) is 27.7. The molecule has 0 aliphatic heterocycles. The van der Waals surface area contributed by atoms with Crippen molar-refractivity contribution < 1.29 is 14.7 Å². The maximum absolute atomic E-state index is 12.1. The van der Waals surface area contributed by atoms with Gasteiger partial charge < -0.3 is 19.8 Å². The van der Waals surface area contributed by atoms with Crippen LogP contribution in [0.4, 0.5) is 0 Å². The number of carboxylic acid groups (broad SMARTS) is 1. The highest BCUT2D eigenvalue weighted by Gasteiger charge is 2.14. The predicted octanol–water partition coefficient (Wildman–Crippen LogP) is 1.94. The largest absolute Gasteiger partial charge is 0.478 e. The molecule has 0 radical (unpaired) electrons. The minimum atomic E-state index is -0.981. The van der Waals surface area contributed by atoms with Crippen LogP contribution >= 0.6 is 0 Å². The van der Waals surface area contributed by atoms with Crippen LogP contribution in [0.2, 0.25) is 0 Å². The van der Waals surface area contributed by atoms with Crippen molar-refractivity contribution in [3.63, 3.8) is 0 Å². The highest BCUT2D eigenvalue weighted by atomic mass is 16.4. The zero-order valence-corrected chi connectivity index (χ0v) is 16.0. The third-order valence-corrected chi connectivity index (χ3v) is 3.44. The van der Waals surface area contributed by atoms with E-state index in [4.69, 9.17) is 5.11 Å². The summed E-state index contributed by atoms with van der Waals surface area (Å²) >= 11 is 0. The molecule has 0 aliphatic carbocycles. The lowest BCUT2D eigenvalue weighted by Crippen LogP contribution is -2.39. The number of likely N-dealkylation sites (N-methyl/N-ethyl adjacent to an activating group) is 1. The smallest absolute Gasteiger partial charge is 0.327 e. The van der Waals surface area contributed by atoms with E-state index in [1.54, 1.807) is 6.92 Å². The zero-order chi connectivity index (χ0) is 19.1. The molecule has 0 fully saturated rings. The van der Waals surface area contributed by atoms with Crippen molar-refractivity contribution in [2.24, 2.45) is 0 Å². The molecule has 1 N–H and O–H groups in total. The summed E-state index contributed by atoms with van der Waals surface area (Å²) in [5.74, 6) is -0.897. The molecule has 6 heteroatoms. The topological polar surface area (TPSA) is 64.1 Å². The lowest BCUT2D eigenvalue weighted by atomic mass is 10.2. The Morgan fingerprint density at radius 3 is 1.88 bits per heavy atom. The fourth-order valence-corrected chi connectivity index (χ4v) is 1.93. The number of aliphatic carboxylic acids is 1.